The number of fused-ring (bicyclic) bond motifs is 9. The summed E-state index contributed by atoms with van der Waals surface area (Å²) in [4.78, 5) is 0. The summed E-state index contributed by atoms with van der Waals surface area (Å²) in [6, 6.07) is 0. The van der Waals surface area contributed by atoms with Gasteiger partial charge in [-0.2, -0.15) is 0 Å². The number of rotatable bonds is 0. The minimum Gasteiger partial charge on any atom is -0.411 e. The molecule has 26 heavy (non-hydrogen) atoms. The average molecular weight is 355 g/mol. The number of oxime groups is 1. The van der Waals surface area contributed by atoms with Crippen LogP contribution in [0.2, 0.25) is 0 Å². The lowest BCUT2D eigenvalue weighted by atomic mass is 9.50. The third kappa shape index (κ3) is 1.80. The van der Waals surface area contributed by atoms with E-state index in [0.29, 0.717) is 5.92 Å². The molecule has 0 aromatic carbocycles. The molecule has 0 radical (unpaired) electrons. The molecule has 0 amide bonds. The lowest BCUT2D eigenvalue weighted by Crippen LogP contribution is -2.53. The molecule has 1 spiro atoms. The number of aliphatic hydroxyl groups excluding tert-OH is 1. The van der Waals surface area contributed by atoms with Crippen molar-refractivity contribution in [3.63, 3.8) is 0 Å². The van der Waals surface area contributed by atoms with Gasteiger partial charge in [-0.05, 0) is 92.6 Å². The Labute approximate surface area is 155 Å². The first kappa shape index (κ1) is 15.9. The highest BCUT2D eigenvalue weighted by Crippen LogP contribution is 2.72. The smallest absolute Gasteiger partial charge is 0.175 e. The highest BCUT2D eigenvalue weighted by molar-refractivity contribution is 5.96. The third-order valence-electron chi connectivity index (χ3n) is 9.31. The second-order valence-corrected chi connectivity index (χ2v) is 9.99. The van der Waals surface area contributed by atoms with Gasteiger partial charge in [0.1, 0.15) is 0 Å². The van der Waals surface area contributed by atoms with E-state index in [4.69, 9.17) is 4.74 Å². The van der Waals surface area contributed by atoms with Crippen LogP contribution in [-0.2, 0) is 4.74 Å². The number of allylic oxidation sites excluding steroid dienone is 2. The largest absolute Gasteiger partial charge is 0.411 e. The molecule has 4 nitrogen and oxygen atoms in total. The lowest BCUT2D eigenvalue weighted by Gasteiger charge is -2.55. The Bertz CT molecular complexity index is 742. The summed E-state index contributed by atoms with van der Waals surface area (Å²) in [5.41, 5.74) is 2.44. The van der Waals surface area contributed by atoms with E-state index in [-0.39, 0.29) is 11.0 Å². The first-order valence-electron chi connectivity index (χ1n) is 10.5. The van der Waals surface area contributed by atoms with Crippen LogP contribution < -0.4 is 0 Å². The van der Waals surface area contributed by atoms with Crippen LogP contribution in [0.3, 0.4) is 0 Å². The van der Waals surface area contributed by atoms with E-state index in [1.54, 1.807) is 5.57 Å². The molecule has 1 aliphatic heterocycles. The van der Waals surface area contributed by atoms with Gasteiger partial charge >= 0.3 is 0 Å². The van der Waals surface area contributed by atoms with Crippen LogP contribution in [-0.4, -0.2) is 27.9 Å². The Morgan fingerprint density at radius 3 is 2.81 bits per heavy atom. The molecular formula is C22H29NO3. The fraction of sp³-hybridized carbons (Fsp3) is 0.773. The van der Waals surface area contributed by atoms with Crippen LogP contribution in [0.4, 0.5) is 0 Å². The summed E-state index contributed by atoms with van der Waals surface area (Å²) < 4.78 is 6.14. The van der Waals surface area contributed by atoms with Crippen molar-refractivity contribution in [1.82, 2.24) is 0 Å². The van der Waals surface area contributed by atoms with Crippen molar-refractivity contribution in [1.29, 1.82) is 0 Å². The van der Waals surface area contributed by atoms with Crippen LogP contribution >= 0.6 is 0 Å². The minimum atomic E-state index is -0.715. The first-order chi connectivity index (χ1) is 12.6. The van der Waals surface area contributed by atoms with Crippen LogP contribution in [0.1, 0.15) is 51.9 Å². The molecule has 2 N–H and O–H groups in total. The molecule has 0 aromatic rings. The van der Waals surface area contributed by atoms with Gasteiger partial charge in [0.25, 0.3) is 0 Å². The highest BCUT2D eigenvalue weighted by atomic mass is 16.6. The van der Waals surface area contributed by atoms with E-state index in [0.717, 1.165) is 48.1 Å². The van der Waals surface area contributed by atoms with Gasteiger partial charge in [0, 0.05) is 5.41 Å². The number of aliphatic hydroxyl groups is 1. The second kappa shape index (κ2) is 5.02. The van der Waals surface area contributed by atoms with Crippen LogP contribution in [0.5, 0.6) is 0 Å². The zero-order chi connectivity index (χ0) is 17.7. The minimum absolute atomic E-state index is 0.170. The maximum Gasteiger partial charge on any atom is 0.175 e. The normalized spacial score (nSPS) is 58.2. The van der Waals surface area contributed by atoms with Crippen LogP contribution in [0.25, 0.3) is 0 Å². The van der Waals surface area contributed by atoms with E-state index in [1.165, 1.54) is 32.1 Å². The maximum absolute atomic E-state index is 10.0. The third-order valence-corrected chi connectivity index (χ3v) is 9.31. The average Bonchev–Trinajstić information content (AvgIpc) is 3.29. The molecule has 6 aliphatic rings. The van der Waals surface area contributed by atoms with Crippen molar-refractivity contribution >= 4 is 5.71 Å². The van der Waals surface area contributed by atoms with Gasteiger partial charge in [-0.1, -0.05) is 23.7 Å². The van der Waals surface area contributed by atoms with Gasteiger partial charge in [-0.25, -0.2) is 0 Å². The second-order valence-electron chi connectivity index (χ2n) is 9.99. The maximum atomic E-state index is 10.0. The molecule has 4 unspecified atom stereocenters. The Balaban J connectivity index is 1.36. The summed E-state index contributed by atoms with van der Waals surface area (Å²) in [5.74, 6) is 4.62. The summed E-state index contributed by atoms with van der Waals surface area (Å²) in [7, 11) is 0. The molecule has 4 heteroatoms. The summed E-state index contributed by atoms with van der Waals surface area (Å²) in [5, 5.41) is 22.7. The van der Waals surface area contributed by atoms with E-state index in [1.807, 2.05) is 6.08 Å². The summed E-state index contributed by atoms with van der Waals surface area (Å²) in [6.45, 7) is 2.45. The van der Waals surface area contributed by atoms with Gasteiger partial charge in [0.2, 0.25) is 0 Å². The van der Waals surface area contributed by atoms with Gasteiger partial charge in [-0.15, -0.1) is 0 Å². The zero-order valence-electron chi connectivity index (χ0n) is 15.5. The Morgan fingerprint density at radius 1 is 1.15 bits per heavy atom. The summed E-state index contributed by atoms with van der Waals surface area (Å²) in [6.07, 6.45) is 13.8. The van der Waals surface area contributed by atoms with E-state index >= 15 is 0 Å². The molecule has 0 saturated heterocycles. The lowest BCUT2D eigenvalue weighted by molar-refractivity contribution is -0.181. The van der Waals surface area contributed by atoms with Crippen molar-refractivity contribution < 1.29 is 15.1 Å². The monoisotopic (exact) mass is 355 g/mol. The van der Waals surface area contributed by atoms with E-state index in [9.17, 15) is 10.3 Å². The number of nitrogens with zero attached hydrogens (tertiary/aromatic N) is 1. The molecule has 4 saturated carbocycles. The molecular weight excluding hydrogens is 326 g/mol. The molecule has 1 heterocycles. The predicted octanol–water partition coefficient (Wildman–Crippen LogP) is 3.89. The zero-order valence-corrected chi connectivity index (χ0v) is 15.5. The Kier molecular flexibility index (Phi) is 3.07. The van der Waals surface area contributed by atoms with Crippen molar-refractivity contribution in [3.8, 4) is 0 Å². The van der Waals surface area contributed by atoms with E-state index in [2.05, 4.69) is 24.2 Å². The first-order valence-corrected chi connectivity index (χ1v) is 10.5. The Morgan fingerprint density at radius 2 is 2.04 bits per heavy atom. The fourth-order valence-corrected chi connectivity index (χ4v) is 8.13. The van der Waals surface area contributed by atoms with Crippen LogP contribution in [0, 0.1) is 40.9 Å². The fourth-order valence-electron chi connectivity index (χ4n) is 8.13. The van der Waals surface area contributed by atoms with Crippen molar-refractivity contribution in [2.24, 2.45) is 46.1 Å². The Hall–Kier alpha value is -1.13. The SMILES string of the molecule is C[C@]12CCC3C(C1CC[C@@]21C=CC(O)O1)[C@@H]1C[C@@H]1C1=C/C(=N/O)CC[C@@H]13. The molecule has 9 atom stereocenters. The van der Waals surface area contributed by atoms with Gasteiger partial charge in [-0.3, -0.25) is 0 Å². The summed E-state index contributed by atoms with van der Waals surface area (Å²) >= 11 is 0. The molecule has 140 valence electrons. The van der Waals surface area contributed by atoms with Crippen molar-refractivity contribution in [3.05, 3.63) is 23.8 Å². The highest BCUT2D eigenvalue weighted by Gasteiger charge is 2.68. The molecule has 4 fully saturated rings. The van der Waals surface area contributed by atoms with Gasteiger partial charge in [0.15, 0.2) is 6.29 Å². The van der Waals surface area contributed by atoms with Gasteiger partial charge < -0.3 is 15.1 Å². The molecule has 0 aromatic heterocycles. The predicted molar refractivity (Wildman–Crippen MR) is 97.6 cm³/mol. The van der Waals surface area contributed by atoms with Gasteiger partial charge in [0.05, 0.1) is 11.3 Å². The topological polar surface area (TPSA) is 62.0 Å². The molecule has 5 aliphatic carbocycles. The number of hydrogen-bond donors (Lipinski definition) is 2. The van der Waals surface area contributed by atoms with Crippen molar-refractivity contribution in [2.45, 2.75) is 63.8 Å². The quantitative estimate of drug-likeness (QED) is 0.394. The number of hydrogen-bond acceptors (Lipinski definition) is 4. The number of ether oxygens (including phenoxy) is 1. The standard InChI is InChI=1S/C22H29NO3/c1-21-7-4-14-13-3-2-12(23-25)10-15(13)16-11-17(16)20(14)18(21)5-8-22(21)9-6-19(24)26-22/h6,9-10,13-14,16-20,24-25H,2-5,7-8,11H2,1H3/b23-12+/t13-,14?,16-,17-,18?,19?,20?,21+,22-/m1/s1. The van der Waals surface area contributed by atoms with E-state index < -0.39 is 6.29 Å². The molecule has 6 rings (SSSR count). The van der Waals surface area contributed by atoms with Crippen molar-refractivity contribution in [2.75, 3.05) is 0 Å². The molecule has 0 bridgehead atoms. The van der Waals surface area contributed by atoms with Crippen LogP contribution in [0.15, 0.2) is 29.0 Å².